The molecule has 0 aliphatic heterocycles. The molecule has 3 aromatic rings. The number of pyridine rings is 1. The van der Waals surface area contributed by atoms with Crippen molar-refractivity contribution in [3.8, 4) is 5.69 Å². The summed E-state index contributed by atoms with van der Waals surface area (Å²) in [6.07, 6.45) is 0.444. The second-order valence-corrected chi connectivity index (χ2v) is 5.13. The summed E-state index contributed by atoms with van der Waals surface area (Å²) in [6.45, 7) is 0. The molecule has 1 amide bonds. The van der Waals surface area contributed by atoms with Crippen LogP contribution in [-0.2, 0) is 6.18 Å². The molecule has 2 heterocycles. The normalized spacial score (nSPS) is 11.7. The number of hydrogen-bond donors (Lipinski definition) is 1. The number of para-hydroxylation sites is 1. The van der Waals surface area contributed by atoms with Crippen LogP contribution in [0.3, 0.4) is 0 Å². The van der Waals surface area contributed by atoms with Crippen LogP contribution in [0.15, 0.2) is 66.2 Å². The van der Waals surface area contributed by atoms with Gasteiger partial charge in [0.2, 0.25) is 0 Å². The Morgan fingerprint density at radius 3 is 2.46 bits per heavy atom. The summed E-state index contributed by atoms with van der Waals surface area (Å²) in [4.78, 5) is 16.0. The van der Waals surface area contributed by atoms with E-state index in [2.05, 4.69) is 20.6 Å². The lowest BCUT2D eigenvalue weighted by atomic mass is 10.2. The number of nitrogens with zero attached hydrogens (tertiary/aromatic N) is 4. The minimum absolute atomic E-state index is 0.194. The van der Waals surface area contributed by atoms with E-state index in [1.165, 1.54) is 30.7 Å². The maximum absolute atomic E-state index is 13.5. The molecule has 0 atom stereocenters. The van der Waals surface area contributed by atoms with Crippen molar-refractivity contribution < 1.29 is 18.0 Å². The van der Waals surface area contributed by atoms with Crippen LogP contribution in [0.5, 0.6) is 0 Å². The van der Waals surface area contributed by atoms with Crippen molar-refractivity contribution in [1.82, 2.24) is 20.2 Å². The molecule has 0 fully saturated rings. The molecule has 0 bridgehead atoms. The highest BCUT2D eigenvalue weighted by Crippen LogP contribution is 2.33. The van der Waals surface area contributed by atoms with Crippen LogP contribution in [0.2, 0.25) is 0 Å². The van der Waals surface area contributed by atoms with Crippen molar-refractivity contribution in [3.05, 3.63) is 77.9 Å². The first-order valence-electron chi connectivity index (χ1n) is 7.41. The first kappa shape index (κ1) is 17.3. The fourth-order valence-electron chi connectivity index (χ4n) is 2.23. The molecule has 9 heteroatoms. The largest absolute Gasteiger partial charge is 0.434 e. The molecule has 1 aromatic carbocycles. The Morgan fingerprint density at radius 1 is 1.12 bits per heavy atom. The van der Waals surface area contributed by atoms with Gasteiger partial charge in [-0.2, -0.15) is 23.4 Å². The number of carbonyl (C=O) groups is 1. The number of hydrogen-bond acceptors (Lipinski definition) is 4. The quantitative estimate of drug-likeness (QED) is 0.575. The zero-order valence-electron chi connectivity index (χ0n) is 13.2. The molecule has 3 rings (SSSR count). The van der Waals surface area contributed by atoms with Gasteiger partial charge in [-0.15, -0.1) is 0 Å². The maximum Gasteiger partial charge on any atom is 0.434 e. The summed E-state index contributed by atoms with van der Waals surface area (Å²) >= 11 is 0. The summed E-state index contributed by atoms with van der Waals surface area (Å²) in [5.41, 5.74) is 1.13. The number of amides is 1. The van der Waals surface area contributed by atoms with Crippen LogP contribution in [0.4, 0.5) is 13.2 Å². The highest BCUT2D eigenvalue weighted by molar-refractivity contribution is 5.96. The van der Waals surface area contributed by atoms with Crippen molar-refractivity contribution in [2.24, 2.45) is 5.10 Å². The third-order valence-corrected chi connectivity index (χ3v) is 3.37. The van der Waals surface area contributed by atoms with E-state index in [9.17, 15) is 18.0 Å². The molecule has 132 valence electrons. The number of halogens is 3. The molecule has 2 aromatic heterocycles. The van der Waals surface area contributed by atoms with E-state index in [0.717, 1.165) is 6.20 Å². The average Bonchev–Trinajstić information content (AvgIpc) is 3.09. The van der Waals surface area contributed by atoms with E-state index in [4.69, 9.17) is 0 Å². The lowest BCUT2D eigenvalue weighted by Gasteiger charge is -2.12. The third-order valence-electron chi connectivity index (χ3n) is 3.37. The highest BCUT2D eigenvalue weighted by Gasteiger charge is 2.40. The van der Waals surface area contributed by atoms with Gasteiger partial charge in [-0.05, 0) is 29.8 Å². The van der Waals surface area contributed by atoms with E-state index in [1.807, 2.05) is 0 Å². The molecule has 0 saturated carbocycles. The minimum atomic E-state index is -4.77. The van der Waals surface area contributed by atoms with Gasteiger partial charge in [0.1, 0.15) is 0 Å². The van der Waals surface area contributed by atoms with Gasteiger partial charge in [-0.25, -0.2) is 10.1 Å². The van der Waals surface area contributed by atoms with Crippen LogP contribution in [0.1, 0.15) is 21.6 Å². The Labute approximate surface area is 146 Å². The van der Waals surface area contributed by atoms with Crippen molar-refractivity contribution in [2.75, 3.05) is 0 Å². The Bertz CT molecular complexity index is 921. The fraction of sp³-hybridized carbons (Fsp3) is 0.0588. The van der Waals surface area contributed by atoms with Crippen LogP contribution >= 0.6 is 0 Å². The lowest BCUT2D eigenvalue weighted by Crippen LogP contribution is -2.23. The number of rotatable bonds is 4. The van der Waals surface area contributed by atoms with E-state index in [-0.39, 0.29) is 5.69 Å². The predicted molar refractivity (Wildman–Crippen MR) is 87.9 cm³/mol. The molecule has 0 spiro atoms. The number of nitrogens with one attached hydrogen (secondary N) is 1. The van der Waals surface area contributed by atoms with Crippen LogP contribution in [0.25, 0.3) is 5.69 Å². The van der Waals surface area contributed by atoms with Gasteiger partial charge in [0.15, 0.2) is 5.69 Å². The smallest absolute Gasteiger partial charge is 0.267 e. The Morgan fingerprint density at radius 2 is 1.81 bits per heavy atom. The lowest BCUT2D eigenvalue weighted by molar-refractivity contribution is -0.143. The highest BCUT2D eigenvalue weighted by atomic mass is 19.4. The molecule has 0 radical (unpaired) electrons. The standard InChI is InChI=1S/C17H12F3N5O/c18-17(19,20)15-14(11-23-25(15)13-4-2-1-3-5-13)16(26)24-22-10-12-6-8-21-9-7-12/h1-11H,(H,24,26)/b22-10+. The monoisotopic (exact) mass is 359 g/mol. The summed E-state index contributed by atoms with van der Waals surface area (Å²) in [5, 5.41) is 7.38. The Kier molecular flexibility index (Phi) is 4.78. The van der Waals surface area contributed by atoms with Gasteiger partial charge in [0.05, 0.1) is 23.7 Å². The zero-order chi connectivity index (χ0) is 18.6. The Hall–Kier alpha value is -3.49. The van der Waals surface area contributed by atoms with Gasteiger partial charge >= 0.3 is 6.18 Å². The van der Waals surface area contributed by atoms with Crippen molar-refractivity contribution in [2.45, 2.75) is 6.18 Å². The molecule has 1 N–H and O–H groups in total. The molecule has 0 saturated heterocycles. The van der Waals surface area contributed by atoms with Gasteiger partial charge in [-0.3, -0.25) is 9.78 Å². The SMILES string of the molecule is O=C(N/N=C/c1ccncc1)c1cnn(-c2ccccc2)c1C(F)(F)F. The van der Waals surface area contributed by atoms with E-state index >= 15 is 0 Å². The summed E-state index contributed by atoms with van der Waals surface area (Å²) in [5.74, 6) is -1.01. The van der Waals surface area contributed by atoms with Gasteiger partial charge in [0, 0.05) is 12.4 Å². The number of alkyl halides is 3. The molecule has 6 nitrogen and oxygen atoms in total. The number of hydrazone groups is 1. The van der Waals surface area contributed by atoms with Crippen LogP contribution in [0, 0.1) is 0 Å². The third kappa shape index (κ3) is 3.77. The zero-order valence-corrected chi connectivity index (χ0v) is 13.2. The predicted octanol–water partition coefficient (Wildman–Crippen LogP) is 3.05. The number of aromatic nitrogens is 3. The summed E-state index contributed by atoms with van der Waals surface area (Å²) in [7, 11) is 0. The van der Waals surface area contributed by atoms with Gasteiger partial charge in [-0.1, -0.05) is 18.2 Å². The van der Waals surface area contributed by atoms with Gasteiger partial charge in [0.25, 0.3) is 5.91 Å². The minimum Gasteiger partial charge on any atom is -0.267 e. The summed E-state index contributed by atoms with van der Waals surface area (Å²) < 4.78 is 41.1. The van der Waals surface area contributed by atoms with Crippen molar-refractivity contribution >= 4 is 12.1 Å². The van der Waals surface area contributed by atoms with Crippen LogP contribution in [-0.4, -0.2) is 26.9 Å². The second kappa shape index (κ2) is 7.18. The van der Waals surface area contributed by atoms with E-state index in [1.54, 1.807) is 30.3 Å². The number of benzene rings is 1. The van der Waals surface area contributed by atoms with Crippen molar-refractivity contribution in [3.63, 3.8) is 0 Å². The van der Waals surface area contributed by atoms with Crippen molar-refractivity contribution in [1.29, 1.82) is 0 Å². The molecular formula is C17H12F3N5O. The molecule has 26 heavy (non-hydrogen) atoms. The average molecular weight is 359 g/mol. The topological polar surface area (TPSA) is 72.2 Å². The van der Waals surface area contributed by atoms with E-state index < -0.39 is 23.3 Å². The molecular weight excluding hydrogens is 347 g/mol. The van der Waals surface area contributed by atoms with E-state index in [0.29, 0.717) is 10.2 Å². The maximum atomic E-state index is 13.5. The van der Waals surface area contributed by atoms with Gasteiger partial charge < -0.3 is 0 Å². The fourth-order valence-corrected chi connectivity index (χ4v) is 2.23. The first-order chi connectivity index (χ1) is 12.5. The molecule has 0 unspecified atom stereocenters. The second-order valence-electron chi connectivity index (χ2n) is 5.13. The Balaban J connectivity index is 1.89. The summed E-state index contributed by atoms with van der Waals surface area (Å²) in [6, 6.07) is 11.0. The molecule has 0 aliphatic rings. The molecule has 0 aliphatic carbocycles. The van der Waals surface area contributed by atoms with Crippen LogP contribution < -0.4 is 5.43 Å². The first-order valence-corrected chi connectivity index (χ1v) is 7.41. The number of carbonyl (C=O) groups excluding carboxylic acids is 1.